The molecule has 2 N–H and O–H groups in total. The predicted molar refractivity (Wildman–Crippen MR) is 105 cm³/mol. The number of hydrogen-bond donors (Lipinski definition) is 2. The second kappa shape index (κ2) is 5.57. The Hall–Kier alpha value is -2.40. The van der Waals surface area contributed by atoms with E-state index >= 15 is 0 Å². The van der Waals surface area contributed by atoms with Crippen molar-refractivity contribution in [2.75, 3.05) is 0 Å². The Labute approximate surface area is 164 Å². The van der Waals surface area contributed by atoms with Gasteiger partial charge in [0.05, 0.1) is 11.7 Å². The first-order chi connectivity index (χ1) is 13.2. The number of phenolic OH excluding ortho intramolecular Hbond substituents is 2. The van der Waals surface area contributed by atoms with Gasteiger partial charge in [0.25, 0.3) is 0 Å². The summed E-state index contributed by atoms with van der Waals surface area (Å²) in [5.41, 5.74) is 5.24. The molecule has 0 saturated heterocycles. The van der Waals surface area contributed by atoms with Crippen LogP contribution in [0, 0.1) is 13.8 Å². The van der Waals surface area contributed by atoms with Gasteiger partial charge in [0.1, 0.15) is 29.5 Å². The molecule has 0 spiro atoms. The molecule has 0 bridgehead atoms. The van der Waals surface area contributed by atoms with Crippen molar-refractivity contribution >= 4 is 0 Å². The third-order valence-corrected chi connectivity index (χ3v) is 7.03. The Kier molecular flexibility index (Phi) is 3.52. The molecule has 3 aliphatic heterocycles. The van der Waals surface area contributed by atoms with E-state index in [1.807, 2.05) is 27.7 Å². The van der Waals surface area contributed by atoms with Gasteiger partial charge in [-0.3, -0.25) is 0 Å². The van der Waals surface area contributed by atoms with Crippen LogP contribution in [0.25, 0.3) is 0 Å². The maximum absolute atomic E-state index is 11.2. The van der Waals surface area contributed by atoms with E-state index in [-0.39, 0.29) is 35.5 Å². The lowest BCUT2D eigenvalue weighted by Gasteiger charge is -2.41. The minimum atomic E-state index is -0.446. The van der Waals surface area contributed by atoms with Crippen LogP contribution in [-0.2, 0) is 4.74 Å². The SMILES string of the molecule is Cc1c(O)c2c(c3c1[C@H](C)[C@@H](C)O3)Oc1cc(O)c(C)c3c1[C@H]2O[C@H](C)[C@H]3C. The maximum atomic E-state index is 11.2. The highest BCUT2D eigenvalue weighted by Crippen LogP contribution is 2.62. The normalized spacial score (nSPS) is 29.4. The van der Waals surface area contributed by atoms with Gasteiger partial charge in [-0.2, -0.15) is 0 Å². The van der Waals surface area contributed by atoms with E-state index in [2.05, 4.69) is 13.8 Å². The van der Waals surface area contributed by atoms with Crippen LogP contribution >= 0.6 is 0 Å². The summed E-state index contributed by atoms with van der Waals surface area (Å²) >= 11 is 0. The van der Waals surface area contributed by atoms with Crippen LogP contribution < -0.4 is 9.47 Å². The fourth-order valence-corrected chi connectivity index (χ4v) is 5.07. The zero-order chi connectivity index (χ0) is 20.1. The molecule has 148 valence electrons. The third-order valence-electron chi connectivity index (χ3n) is 7.03. The van der Waals surface area contributed by atoms with Crippen LogP contribution in [0.3, 0.4) is 0 Å². The molecule has 0 unspecified atom stereocenters. The van der Waals surface area contributed by atoms with Gasteiger partial charge in [-0.05, 0) is 44.4 Å². The second-order valence-electron chi connectivity index (χ2n) is 8.53. The van der Waals surface area contributed by atoms with E-state index < -0.39 is 6.10 Å². The van der Waals surface area contributed by atoms with Gasteiger partial charge >= 0.3 is 0 Å². The lowest BCUT2D eigenvalue weighted by atomic mass is 9.79. The topological polar surface area (TPSA) is 68.2 Å². The first-order valence-electron chi connectivity index (χ1n) is 9.97. The Morgan fingerprint density at radius 2 is 1.46 bits per heavy atom. The van der Waals surface area contributed by atoms with Gasteiger partial charge in [0.2, 0.25) is 0 Å². The van der Waals surface area contributed by atoms with Gasteiger partial charge in [0.15, 0.2) is 11.5 Å². The molecule has 0 fully saturated rings. The standard InChI is InChI=1S/C23H26O5/c1-8-12(5)26-21-18-15(7-14(24)10(3)16(8)18)28-23-19(21)20(25)11(4)17-9(2)13(6)27-22(17)23/h7-9,12-13,21,24-25H,1-6H3/t8-,9-,12-,13-,21-/m1/s1. The van der Waals surface area contributed by atoms with Crippen molar-refractivity contribution in [3.63, 3.8) is 0 Å². The highest BCUT2D eigenvalue weighted by Gasteiger charge is 2.46. The van der Waals surface area contributed by atoms with E-state index in [1.165, 1.54) is 0 Å². The van der Waals surface area contributed by atoms with Crippen molar-refractivity contribution in [2.24, 2.45) is 0 Å². The molecule has 0 amide bonds. The Morgan fingerprint density at radius 3 is 2.18 bits per heavy atom. The summed E-state index contributed by atoms with van der Waals surface area (Å²) in [5.74, 6) is 2.48. The molecule has 5 heteroatoms. The molecule has 5 atom stereocenters. The Balaban J connectivity index is 1.84. The molecule has 5 nitrogen and oxygen atoms in total. The van der Waals surface area contributed by atoms with Crippen molar-refractivity contribution < 1.29 is 24.4 Å². The van der Waals surface area contributed by atoms with E-state index in [9.17, 15) is 10.2 Å². The van der Waals surface area contributed by atoms with Crippen molar-refractivity contribution in [1.82, 2.24) is 0 Å². The summed E-state index contributed by atoms with van der Waals surface area (Å²) in [7, 11) is 0. The maximum Gasteiger partial charge on any atom is 0.179 e. The average Bonchev–Trinajstić information content (AvgIpc) is 2.95. The Bertz CT molecular complexity index is 1020. The second-order valence-corrected chi connectivity index (χ2v) is 8.53. The van der Waals surface area contributed by atoms with Crippen LogP contribution in [0.4, 0.5) is 0 Å². The van der Waals surface area contributed by atoms with Gasteiger partial charge in [0, 0.05) is 29.0 Å². The zero-order valence-corrected chi connectivity index (χ0v) is 17.1. The van der Waals surface area contributed by atoms with Gasteiger partial charge < -0.3 is 24.4 Å². The fourth-order valence-electron chi connectivity index (χ4n) is 5.07. The van der Waals surface area contributed by atoms with E-state index in [0.717, 1.165) is 27.8 Å². The third kappa shape index (κ3) is 2.00. The lowest BCUT2D eigenvalue weighted by Crippen LogP contribution is -2.31. The van der Waals surface area contributed by atoms with E-state index in [4.69, 9.17) is 14.2 Å². The molecule has 0 aromatic heterocycles. The zero-order valence-electron chi connectivity index (χ0n) is 17.1. The summed E-state index contributed by atoms with van der Waals surface area (Å²) in [4.78, 5) is 0. The number of benzene rings is 2. The van der Waals surface area contributed by atoms with Crippen LogP contribution in [-0.4, -0.2) is 22.4 Å². The smallest absolute Gasteiger partial charge is 0.179 e. The van der Waals surface area contributed by atoms with Crippen molar-refractivity contribution in [1.29, 1.82) is 0 Å². The number of hydrogen-bond acceptors (Lipinski definition) is 5. The number of rotatable bonds is 0. The summed E-state index contributed by atoms with van der Waals surface area (Å²) in [6.07, 6.45) is -0.514. The molecular formula is C23H26O5. The van der Waals surface area contributed by atoms with Crippen molar-refractivity contribution in [3.05, 3.63) is 39.4 Å². The summed E-state index contributed by atoms with van der Waals surface area (Å²) in [6.45, 7) is 12.1. The number of phenols is 2. The van der Waals surface area contributed by atoms with Crippen LogP contribution in [0.2, 0.25) is 0 Å². The average molecular weight is 382 g/mol. The number of fused-ring (bicyclic) bond motifs is 4. The summed E-state index contributed by atoms with van der Waals surface area (Å²) in [5, 5.41) is 21.7. The first kappa shape index (κ1) is 17.7. The van der Waals surface area contributed by atoms with Crippen LogP contribution in [0.1, 0.15) is 79.0 Å². The van der Waals surface area contributed by atoms with E-state index in [1.54, 1.807) is 6.07 Å². The molecule has 5 rings (SSSR count). The van der Waals surface area contributed by atoms with Gasteiger partial charge in [-0.15, -0.1) is 0 Å². The highest BCUT2D eigenvalue weighted by atomic mass is 16.5. The van der Waals surface area contributed by atoms with Gasteiger partial charge in [-0.25, -0.2) is 0 Å². The monoisotopic (exact) mass is 382 g/mol. The van der Waals surface area contributed by atoms with Crippen LogP contribution in [0.15, 0.2) is 6.07 Å². The molecule has 3 heterocycles. The molecule has 2 aromatic rings. The van der Waals surface area contributed by atoms with Crippen molar-refractivity contribution in [2.45, 2.75) is 71.7 Å². The summed E-state index contributed by atoms with van der Waals surface area (Å²) < 4.78 is 18.9. The summed E-state index contributed by atoms with van der Waals surface area (Å²) in [6, 6.07) is 1.65. The molecular weight excluding hydrogens is 356 g/mol. The lowest BCUT2D eigenvalue weighted by molar-refractivity contribution is -0.0139. The minimum Gasteiger partial charge on any atom is -0.508 e. The predicted octanol–water partition coefficient (Wildman–Crippen LogP) is 5.32. The molecule has 0 aliphatic carbocycles. The highest BCUT2D eigenvalue weighted by molar-refractivity contribution is 5.72. The van der Waals surface area contributed by atoms with Crippen molar-refractivity contribution in [3.8, 4) is 28.7 Å². The molecule has 2 aromatic carbocycles. The first-order valence-corrected chi connectivity index (χ1v) is 9.97. The van der Waals surface area contributed by atoms with Crippen LogP contribution in [0.5, 0.6) is 28.7 Å². The molecule has 28 heavy (non-hydrogen) atoms. The molecule has 0 radical (unpaired) electrons. The quantitative estimate of drug-likeness (QED) is 0.646. The largest absolute Gasteiger partial charge is 0.508 e. The minimum absolute atomic E-state index is 0.00204. The van der Waals surface area contributed by atoms with Gasteiger partial charge in [-0.1, -0.05) is 13.8 Å². The number of aromatic hydroxyl groups is 2. The van der Waals surface area contributed by atoms with E-state index in [0.29, 0.717) is 22.8 Å². The molecule has 0 saturated carbocycles. The number of ether oxygens (including phenoxy) is 3. The Morgan fingerprint density at radius 1 is 0.786 bits per heavy atom. The fraction of sp³-hybridized carbons (Fsp3) is 0.478. The molecule has 3 aliphatic rings.